The van der Waals surface area contributed by atoms with Crippen LogP contribution in [0, 0.1) is 31.3 Å². The SMILES string of the molecule is Cc1cc(C)c(C)c(S(=O)(=O)N(CCN2CCOCC2)C2CC(=O)N(c3ccc(I)cc3)C2=O)c1C. The van der Waals surface area contributed by atoms with E-state index in [1.165, 1.54) is 4.31 Å². The van der Waals surface area contributed by atoms with Gasteiger partial charge in [-0.15, -0.1) is 0 Å². The molecular weight excluding hydrogens is 593 g/mol. The van der Waals surface area contributed by atoms with Crippen molar-refractivity contribution in [3.63, 3.8) is 0 Å². The molecule has 2 aromatic rings. The zero-order valence-corrected chi connectivity index (χ0v) is 24.1. The number of hydrogen-bond donors (Lipinski definition) is 0. The number of anilines is 1. The van der Waals surface area contributed by atoms with Crippen molar-refractivity contribution in [3.05, 3.63) is 56.2 Å². The van der Waals surface area contributed by atoms with Crippen molar-refractivity contribution in [2.24, 2.45) is 0 Å². The monoisotopic (exact) mass is 625 g/mol. The number of halogens is 1. The first kappa shape index (κ1) is 27.2. The molecule has 2 aromatic carbocycles. The molecule has 2 amide bonds. The van der Waals surface area contributed by atoms with Crippen LogP contribution < -0.4 is 4.90 Å². The Bertz CT molecular complexity index is 1250. The number of nitrogens with zero attached hydrogens (tertiary/aromatic N) is 3. The molecule has 194 valence electrons. The van der Waals surface area contributed by atoms with E-state index in [1.807, 2.05) is 32.0 Å². The van der Waals surface area contributed by atoms with Gasteiger partial charge in [0, 0.05) is 29.7 Å². The van der Waals surface area contributed by atoms with Crippen LogP contribution in [0.3, 0.4) is 0 Å². The van der Waals surface area contributed by atoms with Crippen LogP contribution in [0.25, 0.3) is 0 Å². The largest absolute Gasteiger partial charge is 0.379 e. The van der Waals surface area contributed by atoms with Gasteiger partial charge in [0.1, 0.15) is 6.04 Å². The highest BCUT2D eigenvalue weighted by Gasteiger charge is 2.47. The molecule has 8 nitrogen and oxygen atoms in total. The van der Waals surface area contributed by atoms with Crippen molar-refractivity contribution in [3.8, 4) is 0 Å². The van der Waals surface area contributed by atoms with Crippen LogP contribution in [0.5, 0.6) is 0 Å². The number of imide groups is 1. The summed E-state index contributed by atoms with van der Waals surface area (Å²) in [6.07, 6.45) is -0.184. The maximum Gasteiger partial charge on any atom is 0.252 e. The highest BCUT2D eigenvalue weighted by atomic mass is 127. The molecule has 1 unspecified atom stereocenters. The van der Waals surface area contributed by atoms with Gasteiger partial charge in [0.2, 0.25) is 15.9 Å². The summed E-state index contributed by atoms with van der Waals surface area (Å²) in [6, 6.07) is 7.94. The minimum Gasteiger partial charge on any atom is -0.379 e. The van der Waals surface area contributed by atoms with Crippen LogP contribution in [0.4, 0.5) is 5.69 Å². The predicted octanol–water partition coefficient (Wildman–Crippen LogP) is 3.18. The van der Waals surface area contributed by atoms with Gasteiger partial charge in [-0.2, -0.15) is 4.31 Å². The zero-order chi connectivity index (χ0) is 26.2. The minimum absolute atomic E-state index is 0.110. The molecule has 1 atom stereocenters. The van der Waals surface area contributed by atoms with Gasteiger partial charge in [0.25, 0.3) is 5.91 Å². The summed E-state index contributed by atoms with van der Waals surface area (Å²) in [5.74, 6) is -0.905. The lowest BCUT2D eigenvalue weighted by Crippen LogP contribution is -2.49. The van der Waals surface area contributed by atoms with Gasteiger partial charge < -0.3 is 4.74 Å². The van der Waals surface area contributed by atoms with Gasteiger partial charge in [0.15, 0.2) is 0 Å². The molecule has 10 heteroatoms. The third-order valence-corrected chi connectivity index (χ3v) is 10.1. The average molecular weight is 626 g/mol. The molecule has 0 spiro atoms. The maximum atomic E-state index is 14.3. The van der Waals surface area contributed by atoms with E-state index in [1.54, 1.807) is 26.0 Å². The Balaban J connectivity index is 1.74. The van der Waals surface area contributed by atoms with Crippen molar-refractivity contribution < 1.29 is 22.7 Å². The second kappa shape index (κ2) is 10.9. The van der Waals surface area contributed by atoms with Crippen LogP contribution in [0.2, 0.25) is 0 Å². The number of benzene rings is 2. The molecule has 0 aliphatic carbocycles. The highest BCUT2D eigenvalue weighted by Crippen LogP contribution is 2.33. The zero-order valence-electron chi connectivity index (χ0n) is 21.1. The van der Waals surface area contributed by atoms with E-state index in [-0.39, 0.29) is 17.9 Å². The Morgan fingerprint density at radius 2 is 1.58 bits per heavy atom. The summed E-state index contributed by atoms with van der Waals surface area (Å²) in [6.45, 7) is 10.5. The first-order valence-electron chi connectivity index (χ1n) is 12.0. The van der Waals surface area contributed by atoms with Gasteiger partial charge in [-0.05, 0) is 96.8 Å². The topological polar surface area (TPSA) is 87.2 Å². The molecule has 0 saturated carbocycles. The Kier molecular flexibility index (Phi) is 8.20. The first-order chi connectivity index (χ1) is 17.0. The smallest absolute Gasteiger partial charge is 0.252 e. The summed E-state index contributed by atoms with van der Waals surface area (Å²) in [5.41, 5.74) is 3.54. The van der Waals surface area contributed by atoms with Crippen molar-refractivity contribution in [1.82, 2.24) is 9.21 Å². The van der Waals surface area contributed by atoms with Gasteiger partial charge in [-0.1, -0.05) is 6.07 Å². The van der Waals surface area contributed by atoms with Crippen LogP contribution in [0.1, 0.15) is 28.7 Å². The molecular formula is C26H32IN3O5S. The second-order valence-electron chi connectivity index (χ2n) is 9.42. The van der Waals surface area contributed by atoms with E-state index in [0.717, 1.165) is 19.6 Å². The summed E-state index contributed by atoms with van der Waals surface area (Å²) in [5, 5.41) is 0. The number of morpholine rings is 1. The Morgan fingerprint density at radius 3 is 2.17 bits per heavy atom. The van der Waals surface area contributed by atoms with Gasteiger partial charge in [-0.25, -0.2) is 13.3 Å². The van der Waals surface area contributed by atoms with E-state index in [0.29, 0.717) is 49.7 Å². The van der Waals surface area contributed by atoms with Crippen LogP contribution in [-0.2, 0) is 24.3 Å². The Labute approximate surface area is 226 Å². The maximum absolute atomic E-state index is 14.3. The molecule has 0 radical (unpaired) electrons. The van der Waals surface area contributed by atoms with Crippen LogP contribution in [0.15, 0.2) is 35.2 Å². The molecule has 2 aliphatic heterocycles. The molecule has 36 heavy (non-hydrogen) atoms. The lowest BCUT2D eigenvalue weighted by molar-refractivity contribution is -0.122. The highest BCUT2D eigenvalue weighted by molar-refractivity contribution is 14.1. The summed E-state index contributed by atoms with van der Waals surface area (Å²) < 4.78 is 36.2. The van der Waals surface area contributed by atoms with Gasteiger partial charge in [0.05, 0.1) is 30.2 Å². The number of ether oxygens (including phenoxy) is 1. The number of sulfonamides is 1. The lowest BCUT2D eigenvalue weighted by Gasteiger charge is -2.32. The summed E-state index contributed by atoms with van der Waals surface area (Å²) in [4.78, 5) is 30.2. The quantitative estimate of drug-likeness (QED) is 0.347. The number of aryl methyl sites for hydroxylation is 2. The fourth-order valence-electron chi connectivity index (χ4n) is 4.90. The normalized spacial score (nSPS) is 19.5. The Morgan fingerprint density at radius 1 is 1.00 bits per heavy atom. The van der Waals surface area contributed by atoms with Crippen molar-refractivity contribution >= 4 is 50.1 Å². The summed E-state index contributed by atoms with van der Waals surface area (Å²) >= 11 is 2.16. The number of rotatable bonds is 7. The number of carbonyl (C=O) groups excluding carboxylic acids is 2. The lowest BCUT2D eigenvalue weighted by atomic mass is 10.0. The second-order valence-corrected chi connectivity index (χ2v) is 12.5. The van der Waals surface area contributed by atoms with E-state index < -0.39 is 27.9 Å². The van der Waals surface area contributed by atoms with E-state index in [9.17, 15) is 18.0 Å². The number of amides is 2. The third kappa shape index (κ3) is 5.24. The molecule has 0 aromatic heterocycles. The van der Waals surface area contributed by atoms with Crippen molar-refractivity contribution in [1.29, 1.82) is 0 Å². The molecule has 4 rings (SSSR count). The van der Waals surface area contributed by atoms with Crippen molar-refractivity contribution in [2.45, 2.75) is 45.1 Å². The van der Waals surface area contributed by atoms with Gasteiger partial charge >= 0.3 is 0 Å². The fraction of sp³-hybridized carbons (Fsp3) is 0.462. The number of carbonyl (C=O) groups is 2. The molecule has 0 N–H and O–H groups in total. The average Bonchev–Trinajstić information content (AvgIpc) is 3.12. The molecule has 2 saturated heterocycles. The molecule has 2 fully saturated rings. The number of hydrogen-bond acceptors (Lipinski definition) is 6. The molecule has 2 heterocycles. The van der Waals surface area contributed by atoms with E-state index >= 15 is 0 Å². The fourth-order valence-corrected chi connectivity index (χ4v) is 7.41. The van der Waals surface area contributed by atoms with Crippen LogP contribution >= 0.6 is 22.6 Å². The predicted molar refractivity (Wildman–Crippen MR) is 147 cm³/mol. The van der Waals surface area contributed by atoms with Gasteiger partial charge in [-0.3, -0.25) is 14.5 Å². The van der Waals surface area contributed by atoms with E-state index in [4.69, 9.17) is 4.74 Å². The molecule has 0 bridgehead atoms. The standard InChI is InChI=1S/C26H32IN3O5S/c1-17-15-18(2)20(4)25(19(17)3)36(33,34)29(10-9-28-11-13-35-14-12-28)23-16-24(31)30(26(23)32)22-7-5-21(27)6-8-22/h5-8,15,23H,9-14,16H2,1-4H3. The first-order valence-corrected chi connectivity index (χ1v) is 14.6. The molecule has 2 aliphatic rings. The van der Waals surface area contributed by atoms with E-state index in [2.05, 4.69) is 27.5 Å². The third-order valence-electron chi connectivity index (χ3n) is 7.16. The Hall–Kier alpha value is -1.86. The summed E-state index contributed by atoms with van der Waals surface area (Å²) in [7, 11) is -4.09. The minimum atomic E-state index is -4.09. The van der Waals surface area contributed by atoms with Crippen molar-refractivity contribution in [2.75, 3.05) is 44.3 Å². The van der Waals surface area contributed by atoms with Crippen LogP contribution in [-0.4, -0.2) is 74.9 Å².